The van der Waals surface area contributed by atoms with Gasteiger partial charge < -0.3 is 30.4 Å². The van der Waals surface area contributed by atoms with Crippen LogP contribution in [0, 0.1) is 35.9 Å². The molecule has 1 saturated carbocycles. The number of likely N-dealkylation sites (tertiary alicyclic amines) is 1. The van der Waals surface area contributed by atoms with Gasteiger partial charge in [0, 0.05) is 80.7 Å². The molecule has 3 fully saturated rings. The number of rotatable bonds is 12. The van der Waals surface area contributed by atoms with Crippen molar-refractivity contribution in [2.45, 2.75) is 57.4 Å². The Balaban J connectivity index is 1.09. The molecular weight excluding hydrogens is 549 g/mol. The molecule has 0 radical (unpaired) electrons. The Morgan fingerprint density at radius 3 is 2.41 bits per heavy atom. The second-order valence-electron chi connectivity index (χ2n) is 13.2. The Hall–Kier alpha value is -3.65. The van der Waals surface area contributed by atoms with Gasteiger partial charge in [-0.05, 0) is 99.5 Å². The Morgan fingerprint density at radius 1 is 1.05 bits per heavy atom. The zero-order chi connectivity index (χ0) is 30.5. The summed E-state index contributed by atoms with van der Waals surface area (Å²) in [4.78, 5) is 9.71. The fourth-order valence-electron chi connectivity index (χ4n) is 8.31. The first-order valence-corrected chi connectivity index (χ1v) is 16.4. The quantitative estimate of drug-likeness (QED) is 0.210. The van der Waals surface area contributed by atoms with E-state index in [1.54, 1.807) is 12.3 Å². The van der Waals surface area contributed by atoms with Crippen molar-refractivity contribution in [2.24, 2.45) is 17.8 Å². The monoisotopic (exact) mass is 597 g/mol. The predicted molar refractivity (Wildman–Crippen MR) is 178 cm³/mol. The summed E-state index contributed by atoms with van der Waals surface area (Å²) in [6.07, 6.45) is 14.5. The van der Waals surface area contributed by atoms with Crippen molar-refractivity contribution in [1.29, 1.82) is 5.41 Å². The van der Waals surface area contributed by atoms with Crippen LogP contribution in [0.15, 0.2) is 72.8 Å². The lowest BCUT2D eigenvalue weighted by Crippen LogP contribution is -2.54. The molecule has 7 nitrogen and oxygen atoms in total. The summed E-state index contributed by atoms with van der Waals surface area (Å²) in [5.41, 5.74) is 4.08. The number of nitrogens with zero attached hydrogens (tertiary/aromatic N) is 4. The molecule has 2 aromatic carbocycles. The van der Waals surface area contributed by atoms with E-state index < -0.39 is 0 Å². The molecule has 8 heteroatoms. The molecule has 1 aliphatic carbocycles. The smallest absolute Gasteiger partial charge is 0.123 e. The minimum Gasteiger partial charge on any atom is -0.392 e. The molecule has 234 valence electrons. The van der Waals surface area contributed by atoms with Crippen molar-refractivity contribution in [2.75, 3.05) is 50.0 Å². The zero-order valence-corrected chi connectivity index (χ0v) is 26.3. The lowest BCUT2D eigenvalue weighted by atomic mass is 9.59. The van der Waals surface area contributed by atoms with Gasteiger partial charge in [0.15, 0.2) is 0 Å². The van der Waals surface area contributed by atoms with Crippen LogP contribution >= 0.6 is 0 Å². The van der Waals surface area contributed by atoms with Gasteiger partial charge in [-0.15, -0.1) is 0 Å². The van der Waals surface area contributed by atoms with Gasteiger partial charge in [0.2, 0.25) is 0 Å². The van der Waals surface area contributed by atoms with Gasteiger partial charge >= 0.3 is 0 Å². The van der Waals surface area contributed by atoms with E-state index in [-0.39, 0.29) is 11.2 Å². The predicted octanol–water partition coefficient (Wildman–Crippen LogP) is 6.43. The maximum absolute atomic E-state index is 14.8. The first-order valence-electron chi connectivity index (χ1n) is 16.4. The van der Waals surface area contributed by atoms with E-state index in [0.717, 1.165) is 69.3 Å². The highest BCUT2D eigenvalue weighted by Crippen LogP contribution is 2.51. The van der Waals surface area contributed by atoms with Crippen molar-refractivity contribution in [1.82, 2.24) is 19.8 Å². The zero-order valence-electron chi connectivity index (χ0n) is 26.3. The van der Waals surface area contributed by atoms with Crippen LogP contribution in [0.1, 0.15) is 49.9 Å². The number of imidazole rings is 1. The summed E-state index contributed by atoms with van der Waals surface area (Å²) in [6.45, 7) is 8.54. The van der Waals surface area contributed by atoms with Crippen LogP contribution in [0.25, 0.3) is 0 Å². The molecule has 3 heterocycles. The van der Waals surface area contributed by atoms with Crippen molar-refractivity contribution in [3.63, 3.8) is 0 Å². The first-order chi connectivity index (χ1) is 21.5. The van der Waals surface area contributed by atoms with Crippen molar-refractivity contribution < 1.29 is 4.39 Å². The summed E-state index contributed by atoms with van der Waals surface area (Å²) in [5.74, 6) is 2.70. The summed E-state index contributed by atoms with van der Waals surface area (Å²) in [5, 5.41) is 13.8. The van der Waals surface area contributed by atoms with Crippen LogP contribution in [-0.2, 0) is 12.0 Å². The third-order valence-electron chi connectivity index (χ3n) is 10.6. The molecule has 1 atom stereocenters. The molecule has 0 spiro atoms. The van der Waals surface area contributed by atoms with Gasteiger partial charge in [0.05, 0.1) is 5.70 Å². The Labute approximate surface area is 262 Å². The molecule has 44 heavy (non-hydrogen) atoms. The topological polar surface area (TPSA) is 72.2 Å². The number of piperidine rings is 1. The van der Waals surface area contributed by atoms with E-state index in [4.69, 9.17) is 5.41 Å². The van der Waals surface area contributed by atoms with Crippen LogP contribution in [0.2, 0.25) is 0 Å². The van der Waals surface area contributed by atoms with Crippen molar-refractivity contribution >= 4 is 17.6 Å². The van der Waals surface area contributed by atoms with Crippen LogP contribution in [0.4, 0.5) is 15.8 Å². The van der Waals surface area contributed by atoms with Gasteiger partial charge in [-0.3, -0.25) is 0 Å². The molecule has 0 bridgehead atoms. The molecule has 3 N–H and O–H groups in total. The maximum Gasteiger partial charge on any atom is 0.123 e. The molecule has 1 aromatic heterocycles. The highest BCUT2D eigenvalue weighted by Gasteiger charge is 2.49. The van der Waals surface area contributed by atoms with Gasteiger partial charge in [0.1, 0.15) is 11.6 Å². The standard InChI is InChI=1S/C36H48FN7/c1-27-40-16-19-43(27)26-36(29-6-3-4-7-29,31-8-5-9-32(37)20-31)30-14-17-42(18-15-30)23-28-24-44(25-28)35-12-10-33(11-13-35)41-34(21-38)22-39-2/h5,8-13,16,19-22,28-30,38-39,41H,3-4,6-7,14-15,17-18,23-26H2,1-2H3/b34-22+,38-21?. The highest BCUT2D eigenvalue weighted by molar-refractivity contribution is 5.80. The summed E-state index contributed by atoms with van der Waals surface area (Å²) >= 11 is 0. The van der Waals surface area contributed by atoms with E-state index in [1.807, 2.05) is 25.4 Å². The number of aryl methyl sites for hydroxylation is 1. The lowest BCUT2D eigenvalue weighted by molar-refractivity contribution is 0.0640. The molecule has 3 aromatic rings. The number of aromatic nitrogens is 2. The fourth-order valence-corrected chi connectivity index (χ4v) is 8.31. The number of halogens is 1. The number of nitrogens with one attached hydrogen (secondary N) is 3. The molecular formula is C36H48FN7. The fraction of sp³-hybridized carbons (Fsp3) is 0.500. The van der Waals surface area contributed by atoms with Crippen LogP contribution in [0.3, 0.4) is 0 Å². The van der Waals surface area contributed by atoms with Gasteiger partial charge in [0.25, 0.3) is 0 Å². The summed E-state index contributed by atoms with van der Waals surface area (Å²) in [7, 11) is 1.83. The van der Waals surface area contributed by atoms with Crippen molar-refractivity contribution in [3.05, 3.63) is 90.0 Å². The molecule has 2 saturated heterocycles. The second-order valence-corrected chi connectivity index (χ2v) is 13.2. The minimum atomic E-state index is -0.119. The number of benzene rings is 2. The lowest BCUT2D eigenvalue weighted by Gasteiger charge is -2.50. The summed E-state index contributed by atoms with van der Waals surface area (Å²) < 4.78 is 17.1. The molecule has 2 aliphatic heterocycles. The average molecular weight is 598 g/mol. The van der Waals surface area contributed by atoms with E-state index in [1.165, 1.54) is 43.1 Å². The van der Waals surface area contributed by atoms with Gasteiger partial charge in [-0.2, -0.15) is 0 Å². The van der Waals surface area contributed by atoms with Crippen LogP contribution in [-0.4, -0.2) is 60.4 Å². The van der Waals surface area contributed by atoms with E-state index >= 15 is 0 Å². The number of hydrogen-bond acceptors (Lipinski definition) is 6. The van der Waals surface area contributed by atoms with E-state index in [9.17, 15) is 4.39 Å². The maximum atomic E-state index is 14.8. The van der Waals surface area contributed by atoms with E-state index in [0.29, 0.717) is 17.8 Å². The third kappa shape index (κ3) is 6.41. The molecule has 3 aliphatic rings. The Morgan fingerprint density at radius 2 is 1.77 bits per heavy atom. The number of anilines is 2. The van der Waals surface area contributed by atoms with Crippen LogP contribution < -0.4 is 15.5 Å². The molecule has 6 rings (SSSR count). The molecule has 1 unspecified atom stereocenters. The minimum absolute atomic E-state index is 0.0766. The van der Waals surface area contributed by atoms with Crippen LogP contribution in [0.5, 0.6) is 0 Å². The summed E-state index contributed by atoms with van der Waals surface area (Å²) in [6, 6.07) is 16.1. The van der Waals surface area contributed by atoms with Gasteiger partial charge in [-0.1, -0.05) is 25.0 Å². The second kappa shape index (κ2) is 13.6. The highest BCUT2D eigenvalue weighted by atomic mass is 19.1. The van der Waals surface area contributed by atoms with Crippen molar-refractivity contribution in [3.8, 4) is 0 Å². The normalized spacial score (nSPS) is 20.3. The number of allylic oxidation sites excluding steroid dienone is 1. The van der Waals surface area contributed by atoms with Gasteiger partial charge in [-0.25, -0.2) is 9.37 Å². The average Bonchev–Trinajstić information content (AvgIpc) is 3.70. The number of hydrogen-bond donors (Lipinski definition) is 3. The largest absolute Gasteiger partial charge is 0.392 e. The SMILES string of the molecule is CN/C=C(\C=N)Nc1ccc(N2CC(CN3CCC(C(Cn4ccnc4C)(c4cccc(F)c4)C4CCCC4)CC3)C2)cc1. The Bertz CT molecular complexity index is 1410. The van der Waals surface area contributed by atoms with E-state index in [2.05, 4.69) is 73.4 Å². The Kier molecular flexibility index (Phi) is 9.36. The first kappa shape index (κ1) is 30.4. The third-order valence-corrected chi connectivity index (χ3v) is 10.6. The molecule has 0 amide bonds.